The van der Waals surface area contributed by atoms with E-state index in [1.165, 1.54) is 6.42 Å². The first kappa shape index (κ1) is 24.6. The van der Waals surface area contributed by atoms with Crippen molar-refractivity contribution in [3.8, 4) is 16.9 Å². The number of benzene rings is 2. The molecule has 2 aromatic carbocycles. The normalized spacial score (nSPS) is 13.9. The first-order valence-corrected chi connectivity index (χ1v) is 12.2. The molecule has 1 heterocycles. The van der Waals surface area contributed by atoms with Crippen molar-refractivity contribution in [1.29, 1.82) is 0 Å². The first-order chi connectivity index (χ1) is 15.4. The highest BCUT2D eigenvalue weighted by molar-refractivity contribution is 6.35. The van der Waals surface area contributed by atoms with Crippen molar-refractivity contribution in [2.45, 2.75) is 58.9 Å². The molecule has 1 aliphatic rings. The summed E-state index contributed by atoms with van der Waals surface area (Å²) in [4.78, 5) is 13.1. The van der Waals surface area contributed by atoms with Gasteiger partial charge in [-0.2, -0.15) is 5.10 Å². The molecule has 1 amide bonds. The molecule has 3 aromatic rings. The largest absolute Gasteiger partial charge is 0.348 e. The molecule has 32 heavy (non-hydrogen) atoms. The van der Waals surface area contributed by atoms with Gasteiger partial charge in [0.25, 0.3) is 5.91 Å². The van der Waals surface area contributed by atoms with Crippen molar-refractivity contribution in [3.05, 3.63) is 68.8 Å². The lowest BCUT2D eigenvalue weighted by Gasteiger charge is -2.22. The molecule has 0 saturated heterocycles. The van der Waals surface area contributed by atoms with Crippen molar-refractivity contribution in [3.63, 3.8) is 0 Å². The first-order valence-electron chi connectivity index (χ1n) is 11.1. The molecule has 4 nitrogen and oxygen atoms in total. The van der Waals surface area contributed by atoms with E-state index < -0.39 is 0 Å². The van der Waals surface area contributed by atoms with Crippen LogP contribution in [0.5, 0.6) is 0 Å². The SMILES string of the molecule is CC.Cc1c(C(=O)NC2CCCCC2)nn(-c2ccc(Cl)cc2Cl)c1-c1ccc(Cl)cc1. The number of nitrogens with zero attached hydrogens (tertiary/aromatic N) is 2. The number of halogens is 3. The monoisotopic (exact) mass is 491 g/mol. The van der Waals surface area contributed by atoms with Gasteiger partial charge in [-0.05, 0) is 50.1 Å². The van der Waals surface area contributed by atoms with E-state index in [-0.39, 0.29) is 11.9 Å². The van der Waals surface area contributed by atoms with Gasteiger partial charge >= 0.3 is 0 Å². The van der Waals surface area contributed by atoms with Crippen LogP contribution in [0.4, 0.5) is 0 Å². The van der Waals surface area contributed by atoms with E-state index in [1.807, 2.05) is 45.0 Å². The van der Waals surface area contributed by atoms with Crippen molar-refractivity contribution in [2.75, 3.05) is 0 Å². The second-order valence-corrected chi connectivity index (χ2v) is 8.93. The number of hydrogen-bond acceptors (Lipinski definition) is 2. The fourth-order valence-electron chi connectivity index (χ4n) is 3.99. The summed E-state index contributed by atoms with van der Waals surface area (Å²) < 4.78 is 1.72. The van der Waals surface area contributed by atoms with Crippen LogP contribution in [-0.4, -0.2) is 21.7 Å². The average Bonchev–Trinajstić information content (AvgIpc) is 3.13. The third-order valence-electron chi connectivity index (χ3n) is 5.53. The number of carbonyl (C=O) groups is 1. The van der Waals surface area contributed by atoms with Gasteiger partial charge in [0.05, 0.1) is 16.4 Å². The molecule has 0 atom stereocenters. The zero-order valence-corrected chi connectivity index (χ0v) is 20.9. The molecule has 0 unspecified atom stereocenters. The van der Waals surface area contributed by atoms with E-state index in [0.717, 1.165) is 42.5 Å². The Morgan fingerprint density at radius 3 is 2.22 bits per heavy atom. The zero-order valence-electron chi connectivity index (χ0n) is 18.6. The topological polar surface area (TPSA) is 46.9 Å². The highest BCUT2D eigenvalue weighted by Gasteiger charge is 2.25. The van der Waals surface area contributed by atoms with E-state index >= 15 is 0 Å². The summed E-state index contributed by atoms with van der Waals surface area (Å²) in [5, 5.41) is 9.48. The molecule has 4 rings (SSSR count). The Morgan fingerprint density at radius 1 is 0.969 bits per heavy atom. The highest BCUT2D eigenvalue weighted by Crippen LogP contribution is 2.33. The van der Waals surface area contributed by atoms with Gasteiger partial charge in [-0.1, -0.05) is 80.0 Å². The van der Waals surface area contributed by atoms with Gasteiger partial charge in [0, 0.05) is 27.2 Å². The number of hydrogen-bond donors (Lipinski definition) is 1. The molecule has 1 fully saturated rings. The fraction of sp³-hybridized carbons (Fsp3) is 0.360. The van der Waals surface area contributed by atoms with Gasteiger partial charge in [0.2, 0.25) is 0 Å². The fourth-order valence-corrected chi connectivity index (χ4v) is 4.60. The Kier molecular flexibility index (Phi) is 8.64. The maximum atomic E-state index is 13.1. The Hall–Kier alpha value is -2.01. The number of carbonyl (C=O) groups excluding carboxylic acids is 1. The lowest BCUT2D eigenvalue weighted by atomic mass is 9.95. The van der Waals surface area contributed by atoms with Crippen molar-refractivity contribution in [1.82, 2.24) is 15.1 Å². The van der Waals surface area contributed by atoms with E-state index in [9.17, 15) is 4.79 Å². The minimum atomic E-state index is -0.154. The van der Waals surface area contributed by atoms with E-state index in [0.29, 0.717) is 26.4 Å². The van der Waals surface area contributed by atoms with Gasteiger partial charge in [-0.3, -0.25) is 4.79 Å². The average molecular weight is 493 g/mol. The Morgan fingerprint density at radius 2 is 1.59 bits per heavy atom. The summed E-state index contributed by atoms with van der Waals surface area (Å²) in [5.41, 5.74) is 3.54. The Balaban J connectivity index is 0.00000141. The predicted octanol–water partition coefficient (Wildman–Crippen LogP) is 7.90. The zero-order chi connectivity index (χ0) is 23.3. The summed E-state index contributed by atoms with van der Waals surface area (Å²) in [6, 6.07) is 12.9. The van der Waals surface area contributed by atoms with E-state index in [2.05, 4.69) is 10.4 Å². The van der Waals surface area contributed by atoms with Gasteiger partial charge < -0.3 is 5.32 Å². The summed E-state index contributed by atoms with van der Waals surface area (Å²) in [7, 11) is 0. The van der Waals surface area contributed by atoms with Crippen molar-refractivity contribution in [2.24, 2.45) is 0 Å². The molecule has 1 saturated carbocycles. The quantitative estimate of drug-likeness (QED) is 0.402. The van der Waals surface area contributed by atoms with Gasteiger partial charge in [0.1, 0.15) is 0 Å². The molecule has 1 N–H and O–H groups in total. The Bertz CT molecular complexity index is 1070. The van der Waals surface area contributed by atoms with Gasteiger partial charge in [-0.15, -0.1) is 0 Å². The molecule has 170 valence electrons. The van der Waals surface area contributed by atoms with Crippen LogP contribution in [0.25, 0.3) is 16.9 Å². The van der Waals surface area contributed by atoms with Crippen LogP contribution in [0.2, 0.25) is 15.1 Å². The van der Waals surface area contributed by atoms with Crippen LogP contribution in [0, 0.1) is 6.92 Å². The summed E-state index contributed by atoms with van der Waals surface area (Å²) in [6.07, 6.45) is 5.55. The van der Waals surface area contributed by atoms with E-state index in [4.69, 9.17) is 34.8 Å². The van der Waals surface area contributed by atoms with Crippen molar-refractivity contribution >= 4 is 40.7 Å². The summed E-state index contributed by atoms with van der Waals surface area (Å²) >= 11 is 18.6. The van der Waals surface area contributed by atoms with Crippen molar-refractivity contribution < 1.29 is 4.79 Å². The lowest BCUT2D eigenvalue weighted by molar-refractivity contribution is 0.0921. The van der Waals surface area contributed by atoms with Crippen LogP contribution in [0.3, 0.4) is 0 Å². The molecule has 1 aliphatic carbocycles. The standard InChI is InChI=1S/C23H22Cl3N3O.C2H6/c1-14-21(23(30)27-18-5-3-2-4-6-18)28-29(20-12-11-17(25)13-19(20)26)22(14)15-7-9-16(24)10-8-15;1-2/h7-13,18H,2-6H2,1H3,(H,27,30);1-2H3. The van der Waals surface area contributed by atoms with Crippen LogP contribution >= 0.6 is 34.8 Å². The van der Waals surface area contributed by atoms with Gasteiger partial charge in [-0.25, -0.2) is 4.68 Å². The van der Waals surface area contributed by atoms with Crippen LogP contribution in [0.1, 0.15) is 62.0 Å². The number of amides is 1. The van der Waals surface area contributed by atoms with Gasteiger partial charge in [0.15, 0.2) is 5.69 Å². The van der Waals surface area contributed by atoms with Crippen LogP contribution in [-0.2, 0) is 0 Å². The Labute approximate surface area is 204 Å². The third kappa shape index (κ3) is 5.48. The predicted molar refractivity (Wildman–Crippen MR) is 134 cm³/mol. The second kappa shape index (κ2) is 11.2. The summed E-state index contributed by atoms with van der Waals surface area (Å²) in [6.45, 7) is 5.91. The highest BCUT2D eigenvalue weighted by atomic mass is 35.5. The molecule has 7 heteroatoms. The molecular weight excluding hydrogens is 465 g/mol. The number of aromatic nitrogens is 2. The van der Waals surface area contributed by atoms with E-state index in [1.54, 1.807) is 22.9 Å². The third-order valence-corrected chi connectivity index (χ3v) is 6.32. The molecule has 0 aliphatic heterocycles. The second-order valence-electron chi connectivity index (χ2n) is 7.65. The molecular formula is C25H28Cl3N3O. The molecule has 0 radical (unpaired) electrons. The molecule has 0 bridgehead atoms. The smallest absolute Gasteiger partial charge is 0.272 e. The maximum absolute atomic E-state index is 13.1. The maximum Gasteiger partial charge on any atom is 0.272 e. The van der Waals surface area contributed by atoms with Crippen LogP contribution in [0.15, 0.2) is 42.5 Å². The lowest BCUT2D eigenvalue weighted by Crippen LogP contribution is -2.36. The summed E-state index contributed by atoms with van der Waals surface area (Å²) in [5.74, 6) is -0.154. The van der Waals surface area contributed by atoms with Crippen LogP contribution < -0.4 is 5.32 Å². The minimum absolute atomic E-state index is 0.154. The number of nitrogens with one attached hydrogen (secondary N) is 1. The minimum Gasteiger partial charge on any atom is -0.348 e. The molecule has 0 spiro atoms. The number of rotatable bonds is 4. The molecule has 1 aromatic heterocycles.